The van der Waals surface area contributed by atoms with E-state index >= 15 is 0 Å². The molecule has 0 heterocycles. The van der Waals surface area contributed by atoms with Gasteiger partial charge in [-0.1, -0.05) is 18.2 Å². The Bertz CT molecular complexity index is 1290. The van der Waals surface area contributed by atoms with Gasteiger partial charge in [0, 0.05) is 11.4 Å². The Hall–Kier alpha value is -3.74. The van der Waals surface area contributed by atoms with E-state index in [4.69, 9.17) is 0 Å². The Morgan fingerprint density at radius 2 is 1.17 bits per heavy atom. The van der Waals surface area contributed by atoms with Crippen molar-refractivity contribution in [1.82, 2.24) is 0 Å². The van der Waals surface area contributed by atoms with Gasteiger partial charge in [-0.3, -0.25) is 0 Å². The molecule has 0 fully saturated rings. The zero-order chi connectivity index (χ0) is 26.7. The molecule has 0 aliphatic rings. The van der Waals surface area contributed by atoms with Crippen LogP contribution in [-0.2, 0) is 12.4 Å². The molecule has 36 heavy (non-hydrogen) atoms. The first-order valence-electron chi connectivity index (χ1n) is 10.0. The van der Waals surface area contributed by atoms with Crippen LogP contribution in [0.15, 0.2) is 65.1 Å². The summed E-state index contributed by atoms with van der Waals surface area (Å²) in [5.74, 6) is 0. The van der Waals surface area contributed by atoms with Gasteiger partial charge in [0.05, 0.1) is 27.0 Å². The minimum atomic E-state index is -4.58. The molecule has 0 saturated heterocycles. The van der Waals surface area contributed by atoms with Crippen molar-refractivity contribution >= 4 is 50.7 Å². The van der Waals surface area contributed by atoms with E-state index in [9.17, 15) is 35.9 Å². The third-order valence-electron chi connectivity index (χ3n) is 4.73. The molecule has 0 aromatic heterocycles. The fraction of sp³-hybridized carbons (Fsp3) is 0.130. The van der Waals surface area contributed by atoms with Crippen molar-refractivity contribution in [2.24, 2.45) is 0 Å². The van der Waals surface area contributed by atoms with Crippen LogP contribution in [0.2, 0.25) is 0 Å². The molecule has 3 rings (SSSR count). The van der Waals surface area contributed by atoms with Crippen molar-refractivity contribution in [3.05, 3.63) is 81.8 Å². The van der Waals surface area contributed by atoms with Gasteiger partial charge >= 0.3 is 24.4 Å². The average Bonchev–Trinajstić information content (AvgIpc) is 2.78. The topological polar surface area (TPSA) is 82.3 Å². The largest absolute Gasteiger partial charge is 0.416 e. The van der Waals surface area contributed by atoms with E-state index in [0.29, 0.717) is 5.56 Å². The molecule has 0 bridgehead atoms. The Labute approximate surface area is 209 Å². The van der Waals surface area contributed by atoms with E-state index in [-0.39, 0.29) is 27.2 Å². The molecule has 13 heteroatoms. The SMILES string of the molecule is Cc1ccc(NC(=O)Nc2cccc(C(F)(F)F)c2)c(Br)c1NC(=O)Nc1cccc(C(F)(F)F)c1. The summed E-state index contributed by atoms with van der Waals surface area (Å²) in [4.78, 5) is 24.8. The molecular weight excluding hydrogens is 558 g/mol. The molecule has 0 atom stereocenters. The molecular formula is C23H17BrF6N4O2. The Kier molecular flexibility index (Phi) is 7.82. The highest BCUT2D eigenvalue weighted by molar-refractivity contribution is 9.10. The molecule has 6 nitrogen and oxygen atoms in total. The van der Waals surface area contributed by atoms with Crippen LogP contribution in [0, 0.1) is 6.92 Å². The predicted molar refractivity (Wildman–Crippen MR) is 127 cm³/mol. The minimum Gasteiger partial charge on any atom is -0.308 e. The van der Waals surface area contributed by atoms with Crippen LogP contribution in [0.5, 0.6) is 0 Å². The van der Waals surface area contributed by atoms with Gasteiger partial charge in [-0.25, -0.2) is 9.59 Å². The lowest BCUT2D eigenvalue weighted by Gasteiger charge is -2.16. The summed E-state index contributed by atoms with van der Waals surface area (Å²) in [5, 5.41) is 9.55. The Morgan fingerprint density at radius 1 is 0.694 bits per heavy atom. The van der Waals surface area contributed by atoms with Gasteiger partial charge in [0.1, 0.15) is 0 Å². The van der Waals surface area contributed by atoms with Crippen molar-refractivity contribution < 1.29 is 35.9 Å². The van der Waals surface area contributed by atoms with Crippen LogP contribution in [0.4, 0.5) is 58.7 Å². The van der Waals surface area contributed by atoms with Gasteiger partial charge in [-0.2, -0.15) is 26.3 Å². The summed E-state index contributed by atoms with van der Waals surface area (Å²) >= 11 is 3.25. The Balaban J connectivity index is 1.72. The standard InChI is InChI=1S/C23H17BrF6N4O2/c1-12-8-9-17(33-20(35)31-15-6-2-4-13(10-15)22(25,26)27)18(24)19(12)34-21(36)32-16-7-3-5-14(11-16)23(28,29)30/h2-11H,1H3,(H2,31,33,35)(H2,32,34,36). The summed E-state index contributed by atoms with van der Waals surface area (Å²) < 4.78 is 77.5. The third kappa shape index (κ3) is 6.90. The second-order valence-electron chi connectivity index (χ2n) is 7.43. The highest BCUT2D eigenvalue weighted by atomic mass is 79.9. The number of amides is 4. The fourth-order valence-corrected chi connectivity index (χ4v) is 3.67. The number of carbonyl (C=O) groups excluding carboxylic acids is 2. The maximum Gasteiger partial charge on any atom is 0.416 e. The molecule has 0 spiro atoms. The van der Waals surface area contributed by atoms with Crippen LogP contribution in [0.3, 0.4) is 0 Å². The predicted octanol–water partition coefficient (Wildman–Crippen LogP) is 8.08. The monoisotopic (exact) mass is 574 g/mol. The number of urea groups is 2. The van der Waals surface area contributed by atoms with Crippen LogP contribution in [0.1, 0.15) is 16.7 Å². The molecule has 4 N–H and O–H groups in total. The molecule has 0 aliphatic carbocycles. The summed E-state index contributed by atoms with van der Waals surface area (Å²) in [6.07, 6.45) is -9.16. The second-order valence-corrected chi connectivity index (χ2v) is 8.23. The van der Waals surface area contributed by atoms with Gasteiger partial charge < -0.3 is 21.3 Å². The number of carbonyl (C=O) groups is 2. The van der Waals surface area contributed by atoms with Crippen LogP contribution >= 0.6 is 15.9 Å². The van der Waals surface area contributed by atoms with Crippen LogP contribution in [-0.4, -0.2) is 12.1 Å². The van der Waals surface area contributed by atoms with Crippen molar-refractivity contribution in [1.29, 1.82) is 0 Å². The van der Waals surface area contributed by atoms with Crippen LogP contribution in [0.25, 0.3) is 0 Å². The highest BCUT2D eigenvalue weighted by Gasteiger charge is 2.31. The summed E-state index contributed by atoms with van der Waals surface area (Å²) in [5.41, 5.74) is -1.14. The fourth-order valence-electron chi connectivity index (χ4n) is 3.03. The summed E-state index contributed by atoms with van der Waals surface area (Å²) in [7, 11) is 0. The van der Waals surface area contributed by atoms with E-state index in [1.54, 1.807) is 13.0 Å². The number of hydrogen-bond acceptors (Lipinski definition) is 2. The van der Waals surface area contributed by atoms with E-state index in [0.717, 1.165) is 36.4 Å². The lowest BCUT2D eigenvalue weighted by molar-refractivity contribution is -0.138. The van der Waals surface area contributed by atoms with Gasteiger partial charge in [-0.15, -0.1) is 0 Å². The molecule has 0 unspecified atom stereocenters. The maximum atomic E-state index is 12.9. The quantitative estimate of drug-likeness (QED) is 0.237. The number of aryl methyl sites for hydroxylation is 1. The molecule has 0 radical (unpaired) electrons. The Morgan fingerprint density at radius 3 is 1.64 bits per heavy atom. The molecule has 3 aromatic rings. The number of nitrogens with one attached hydrogen (secondary N) is 4. The molecule has 3 aromatic carbocycles. The van der Waals surface area contributed by atoms with Crippen molar-refractivity contribution in [2.45, 2.75) is 19.3 Å². The number of anilines is 4. The third-order valence-corrected chi connectivity index (χ3v) is 5.56. The number of rotatable bonds is 4. The van der Waals surface area contributed by atoms with Crippen LogP contribution < -0.4 is 21.3 Å². The lowest BCUT2D eigenvalue weighted by Crippen LogP contribution is -2.22. The van der Waals surface area contributed by atoms with E-state index in [1.165, 1.54) is 18.2 Å². The zero-order valence-electron chi connectivity index (χ0n) is 18.2. The zero-order valence-corrected chi connectivity index (χ0v) is 19.8. The highest BCUT2D eigenvalue weighted by Crippen LogP contribution is 2.35. The van der Waals surface area contributed by atoms with Gasteiger partial charge in [0.15, 0.2) is 0 Å². The normalized spacial score (nSPS) is 11.6. The minimum absolute atomic E-state index is 0.0918. The molecule has 0 aliphatic heterocycles. The first-order chi connectivity index (χ1) is 16.7. The lowest BCUT2D eigenvalue weighted by atomic mass is 10.1. The smallest absolute Gasteiger partial charge is 0.308 e. The number of hydrogen-bond donors (Lipinski definition) is 4. The van der Waals surface area contributed by atoms with Gasteiger partial charge in [0.25, 0.3) is 0 Å². The first-order valence-corrected chi connectivity index (χ1v) is 10.8. The molecule has 0 saturated carbocycles. The number of benzene rings is 3. The van der Waals surface area contributed by atoms with Crippen molar-refractivity contribution in [2.75, 3.05) is 21.3 Å². The number of alkyl halides is 6. The van der Waals surface area contributed by atoms with E-state index < -0.39 is 35.5 Å². The average molecular weight is 575 g/mol. The van der Waals surface area contributed by atoms with Gasteiger partial charge in [-0.05, 0) is 70.9 Å². The van der Waals surface area contributed by atoms with E-state index in [2.05, 4.69) is 37.2 Å². The van der Waals surface area contributed by atoms with Gasteiger partial charge in [0.2, 0.25) is 0 Å². The summed E-state index contributed by atoms with van der Waals surface area (Å²) in [6, 6.07) is 9.47. The summed E-state index contributed by atoms with van der Waals surface area (Å²) in [6.45, 7) is 1.64. The molecule has 4 amide bonds. The molecule has 190 valence electrons. The first kappa shape index (κ1) is 26.9. The number of halogens is 7. The van der Waals surface area contributed by atoms with E-state index in [1.807, 2.05) is 0 Å². The maximum absolute atomic E-state index is 12.9. The van der Waals surface area contributed by atoms with Crippen molar-refractivity contribution in [3.63, 3.8) is 0 Å². The second kappa shape index (κ2) is 10.5. The van der Waals surface area contributed by atoms with Crippen molar-refractivity contribution in [3.8, 4) is 0 Å².